The first-order chi connectivity index (χ1) is 14.3. The number of rotatable bonds is 5. The van der Waals surface area contributed by atoms with Gasteiger partial charge in [-0.1, -0.05) is 0 Å². The molecule has 0 spiro atoms. The lowest BCUT2D eigenvalue weighted by atomic mass is 9.97. The number of likely N-dealkylation sites (tertiary alicyclic amines) is 1. The van der Waals surface area contributed by atoms with Crippen molar-refractivity contribution in [1.29, 1.82) is 0 Å². The lowest BCUT2D eigenvalue weighted by Gasteiger charge is -2.21. The largest absolute Gasteiger partial charge is 0.356 e. The molecule has 9 heteroatoms. The number of hydrogen-bond acceptors (Lipinski definition) is 7. The predicted octanol–water partition coefficient (Wildman–Crippen LogP) is 2.36. The number of aromatic nitrogens is 2. The third-order valence-corrected chi connectivity index (χ3v) is 9.46. The Bertz CT molecular complexity index is 1110. The number of fused-ring (bicyclic) bond motifs is 3. The Labute approximate surface area is 181 Å². The zero-order chi connectivity index (χ0) is 21.0. The van der Waals surface area contributed by atoms with Gasteiger partial charge in [0.25, 0.3) is 0 Å². The molecular formula is C21H28N4O3S2. The van der Waals surface area contributed by atoms with Crippen molar-refractivity contribution in [3.63, 3.8) is 0 Å². The lowest BCUT2D eigenvalue weighted by Crippen LogP contribution is -2.33. The van der Waals surface area contributed by atoms with Gasteiger partial charge in [0.1, 0.15) is 16.5 Å². The van der Waals surface area contributed by atoms with Gasteiger partial charge in [0, 0.05) is 37.3 Å². The molecule has 30 heavy (non-hydrogen) atoms. The Morgan fingerprint density at radius 1 is 1.20 bits per heavy atom. The molecular weight excluding hydrogens is 420 g/mol. The van der Waals surface area contributed by atoms with Gasteiger partial charge in [0.15, 0.2) is 9.84 Å². The van der Waals surface area contributed by atoms with Crippen LogP contribution in [0.3, 0.4) is 0 Å². The molecule has 5 rings (SSSR count). The molecule has 3 aliphatic rings. The van der Waals surface area contributed by atoms with Crippen LogP contribution in [0, 0.1) is 0 Å². The Kier molecular flexibility index (Phi) is 5.01. The highest BCUT2D eigenvalue weighted by molar-refractivity contribution is 7.91. The topological polar surface area (TPSA) is 83.5 Å². The van der Waals surface area contributed by atoms with E-state index in [2.05, 4.69) is 11.9 Å². The molecule has 7 nitrogen and oxygen atoms in total. The second-order valence-electron chi connectivity index (χ2n) is 8.95. The highest BCUT2D eigenvalue weighted by Crippen LogP contribution is 2.41. The van der Waals surface area contributed by atoms with Gasteiger partial charge >= 0.3 is 0 Å². The fraction of sp³-hybridized carbons (Fsp3) is 0.667. The van der Waals surface area contributed by atoms with E-state index >= 15 is 0 Å². The third-order valence-electron chi connectivity index (χ3n) is 6.68. The SMILES string of the molecule is CN(c1nc(CC(=O)N2CCC(S(C)(=O)=O)C2)nc2sc3c(c12)CCCC3)C1CC1. The Balaban J connectivity index is 1.45. The van der Waals surface area contributed by atoms with Crippen LogP contribution in [0.2, 0.25) is 0 Å². The predicted molar refractivity (Wildman–Crippen MR) is 119 cm³/mol. The smallest absolute Gasteiger partial charge is 0.230 e. The molecule has 0 radical (unpaired) electrons. The molecule has 1 atom stereocenters. The summed E-state index contributed by atoms with van der Waals surface area (Å²) in [4.78, 5) is 28.9. The maximum atomic E-state index is 12.9. The zero-order valence-electron chi connectivity index (χ0n) is 17.6. The molecule has 3 heterocycles. The third kappa shape index (κ3) is 3.70. The average molecular weight is 449 g/mol. The Hall–Kier alpha value is -1.74. The minimum absolute atomic E-state index is 0.0816. The van der Waals surface area contributed by atoms with Crippen molar-refractivity contribution < 1.29 is 13.2 Å². The number of nitrogens with zero attached hydrogens (tertiary/aromatic N) is 4. The first-order valence-electron chi connectivity index (χ1n) is 10.8. The molecule has 2 fully saturated rings. The Morgan fingerprint density at radius 2 is 1.97 bits per heavy atom. The minimum atomic E-state index is -3.12. The number of anilines is 1. The summed E-state index contributed by atoms with van der Waals surface area (Å²) in [5.41, 5.74) is 1.41. The molecule has 2 aromatic heterocycles. The molecule has 1 unspecified atom stereocenters. The van der Waals surface area contributed by atoms with Gasteiger partial charge in [-0.3, -0.25) is 4.79 Å². The van der Waals surface area contributed by atoms with Crippen molar-refractivity contribution in [1.82, 2.24) is 14.9 Å². The van der Waals surface area contributed by atoms with E-state index < -0.39 is 15.1 Å². The fourth-order valence-corrected chi connectivity index (χ4v) is 6.96. The van der Waals surface area contributed by atoms with Gasteiger partial charge in [-0.25, -0.2) is 18.4 Å². The van der Waals surface area contributed by atoms with E-state index in [4.69, 9.17) is 9.97 Å². The molecule has 1 saturated heterocycles. The van der Waals surface area contributed by atoms with E-state index in [0.717, 1.165) is 23.5 Å². The van der Waals surface area contributed by atoms with Crippen molar-refractivity contribution in [2.24, 2.45) is 0 Å². The second-order valence-corrected chi connectivity index (χ2v) is 12.4. The van der Waals surface area contributed by atoms with E-state index in [1.165, 1.54) is 47.8 Å². The van der Waals surface area contributed by atoms with Crippen LogP contribution in [0.15, 0.2) is 0 Å². The quantitative estimate of drug-likeness (QED) is 0.698. The summed E-state index contributed by atoms with van der Waals surface area (Å²) < 4.78 is 23.7. The minimum Gasteiger partial charge on any atom is -0.356 e. The summed E-state index contributed by atoms with van der Waals surface area (Å²) in [6, 6.07) is 0.528. The number of thiophene rings is 1. The van der Waals surface area contributed by atoms with Gasteiger partial charge in [-0.15, -0.1) is 11.3 Å². The van der Waals surface area contributed by atoms with Gasteiger partial charge < -0.3 is 9.80 Å². The van der Waals surface area contributed by atoms with Crippen molar-refractivity contribution in [3.8, 4) is 0 Å². The molecule has 162 valence electrons. The van der Waals surface area contributed by atoms with Crippen LogP contribution in [0.1, 0.15) is 48.4 Å². The maximum absolute atomic E-state index is 12.9. The summed E-state index contributed by atoms with van der Waals surface area (Å²) in [6.07, 6.45) is 8.89. The first-order valence-corrected chi connectivity index (χ1v) is 13.6. The molecule has 0 aromatic carbocycles. The van der Waals surface area contributed by atoms with E-state index in [9.17, 15) is 13.2 Å². The molecule has 0 bridgehead atoms. The molecule has 1 amide bonds. The summed E-state index contributed by atoms with van der Waals surface area (Å²) in [5, 5.41) is 0.740. The second kappa shape index (κ2) is 7.44. The van der Waals surface area contributed by atoms with Crippen LogP contribution in [0.4, 0.5) is 5.82 Å². The van der Waals surface area contributed by atoms with Crippen molar-refractivity contribution in [3.05, 3.63) is 16.3 Å². The number of amides is 1. The normalized spacial score (nSPS) is 21.8. The number of sulfone groups is 1. The summed E-state index contributed by atoms with van der Waals surface area (Å²) >= 11 is 1.76. The first kappa shape index (κ1) is 20.2. The van der Waals surface area contributed by atoms with E-state index in [-0.39, 0.29) is 18.9 Å². The zero-order valence-corrected chi connectivity index (χ0v) is 19.2. The Morgan fingerprint density at radius 3 is 2.67 bits per heavy atom. The lowest BCUT2D eigenvalue weighted by molar-refractivity contribution is -0.129. The van der Waals surface area contributed by atoms with Crippen molar-refractivity contribution >= 4 is 43.1 Å². The molecule has 1 saturated carbocycles. The number of carbonyl (C=O) groups excluding carboxylic acids is 1. The molecule has 1 aliphatic heterocycles. The van der Waals surface area contributed by atoms with Gasteiger partial charge in [0.2, 0.25) is 5.91 Å². The number of hydrogen-bond donors (Lipinski definition) is 0. The van der Waals surface area contributed by atoms with E-state index in [0.29, 0.717) is 24.8 Å². The number of aryl methyl sites for hydroxylation is 2. The van der Waals surface area contributed by atoms with Crippen LogP contribution in [0.5, 0.6) is 0 Å². The highest BCUT2D eigenvalue weighted by Gasteiger charge is 2.34. The summed E-state index contributed by atoms with van der Waals surface area (Å²) in [5.74, 6) is 1.44. The fourth-order valence-electron chi connectivity index (χ4n) is 4.70. The monoisotopic (exact) mass is 448 g/mol. The van der Waals surface area contributed by atoms with Gasteiger partial charge in [-0.2, -0.15) is 0 Å². The van der Waals surface area contributed by atoms with Gasteiger partial charge in [-0.05, 0) is 50.5 Å². The maximum Gasteiger partial charge on any atom is 0.230 e. The molecule has 2 aliphatic carbocycles. The van der Waals surface area contributed by atoms with E-state index in [1.807, 2.05) is 0 Å². The van der Waals surface area contributed by atoms with Crippen LogP contribution in [0.25, 0.3) is 10.2 Å². The highest BCUT2D eigenvalue weighted by atomic mass is 32.2. The van der Waals surface area contributed by atoms with Gasteiger partial charge in [0.05, 0.1) is 17.1 Å². The standard InChI is InChI=1S/C21H28N4O3S2/c1-24(13-7-8-13)20-19-15-5-3-4-6-16(15)29-21(19)23-17(22-20)11-18(26)25-10-9-14(12-25)30(2,27)28/h13-14H,3-12H2,1-2H3. The van der Waals surface area contributed by atoms with Crippen LogP contribution < -0.4 is 4.90 Å². The summed E-state index contributed by atoms with van der Waals surface area (Å²) in [7, 11) is -1.02. The van der Waals surface area contributed by atoms with Crippen LogP contribution in [-0.4, -0.2) is 66.9 Å². The number of carbonyl (C=O) groups is 1. The molecule has 0 N–H and O–H groups in total. The summed E-state index contributed by atoms with van der Waals surface area (Å²) in [6.45, 7) is 0.767. The van der Waals surface area contributed by atoms with Crippen LogP contribution in [-0.2, 0) is 33.9 Å². The molecule has 2 aromatic rings. The van der Waals surface area contributed by atoms with E-state index in [1.54, 1.807) is 16.2 Å². The van der Waals surface area contributed by atoms with Crippen LogP contribution >= 0.6 is 11.3 Å². The van der Waals surface area contributed by atoms with Crippen molar-refractivity contribution in [2.75, 3.05) is 31.3 Å². The average Bonchev–Trinajstić information content (AvgIpc) is 3.29. The van der Waals surface area contributed by atoms with Crippen molar-refractivity contribution in [2.45, 2.75) is 62.7 Å².